The molecule has 2 aromatic carbocycles. The number of hydrogen-bond acceptors (Lipinski definition) is 4. The van der Waals surface area contributed by atoms with Gasteiger partial charge in [-0.15, -0.1) is 6.58 Å². The van der Waals surface area contributed by atoms with Gasteiger partial charge in [-0.05, 0) is 73.8 Å². The fourth-order valence-electron chi connectivity index (χ4n) is 7.65. The number of aromatic hydroxyl groups is 1. The molecule has 5 unspecified atom stereocenters. The highest BCUT2D eigenvalue weighted by Gasteiger charge is 2.56. The van der Waals surface area contributed by atoms with Crippen LogP contribution in [0.5, 0.6) is 5.75 Å². The van der Waals surface area contributed by atoms with E-state index in [4.69, 9.17) is 0 Å². The SMILES string of the molecule is C=CCN1C2CCC3C1CCC2N3C(c1ccc(C(=C)N2CCCCC2)cc1)c1cccc(O)c1. The standard InChI is InChI=1S/C31H39N3O/c1-3-18-33-27-14-16-29-28(33)15-17-30(27)34(29)31(25-8-7-9-26(35)21-25)24-12-10-23(11-13-24)22(2)32-19-5-4-6-20-32/h3,7-13,21,27-31,35H,1-2,4-6,14-20H2. The van der Waals surface area contributed by atoms with Crippen molar-refractivity contribution < 1.29 is 5.11 Å². The van der Waals surface area contributed by atoms with Gasteiger partial charge in [0.1, 0.15) is 5.75 Å². The van der Waals surface area contributed by atoms with Crippen LogP contribution in [0.2, 0.25) is 0 Å². The van der Waals surface area contributed by atoms with Gasteiger partial charge >= 0.3 is 0 Å². The minimum Gasteiger partial charge on any atom is -0.508 e. The van der Waals surface area contributed by atoms with Crippen LogP contribution in [-0.2, 0) is 0 Å². The number of benzene rings is 2. The van der Waals surface area contributed by atoms with Gasteiger partial charge in [-0.1, -0.05) is 49.1 Å². The van der Waals surface area contributed by atoms with Crippen molar-refractivity contribution in [3.05, 3.63) is 84.5 Å². The van der Waals surface area contributed by atoms with Crippen LogP contribution in [-0.4, -0.2) is 63.6 Å². The molecule has 6 saturated heterocycles. The minimum atomic E-state index is 0.158. The van der Waals surface area contributed by atoms with E-state index in [1.807, 2.05) is 12.1 Å². The van der Waals surface area contributed by atoms with Crippen molar-refractivity contribution in [2.24, 2.45) is 0 Å². The summed E-state index contributed by atoms with van der Waals surface area (Å²) in [7, 11) is 0. The Morgan fingerprint density at radius 3 is 2.17 bits per heavy atom. The Bertz CT molecular complexity index is 1050. The molecule has 0 aliphatic carbocycles. The largest absolute Gasteiger partial charge is 0.508 e. The third-order valence-corrected chi connectivity index (χ3v) is 9.14. The van der Waals surface area contributed by atoms with Gasteiger partial charge in [-0.2, -0.15) is 0 Å². The van der Waals surface area contributed by atoms with Crippen molar-refractivity contribution in [2.45, 2.75) is 75.2 Å². The molecule has 4 nitrogen and oxygen atoms in total. The number of phenolic OH excluding ortho intramolecular Hbond substituents is 1. The average Bonchev–Trinajstić information content (AvgIpc) is 2.90. The second-order valence-electron chi connectivity index (χ2n) is 11.0. The Labute approximate surface area is 210 Å². The highest BCUT2D eigenvalue weighted by atomic mass is 16.3. The van der Waals surface area contributed by atoms with Crippen LogP contribution in [0.1, 0.15) is 67.7 Å². The van der Waals surface area contributed by atoms with Gasteiger partial charge in [0.2, 0.25) is 0 Å². The van der Waals surface area contributed by atoms with Crippen molar-refractivity contribution in [2.75, 3.05) is 19.6 Å². The molecule has 1 N–H and O–H groups in total. The minimum absolute atomic E-state index is 0.158. The monoisotopic (exact) mass is 469 g/mol. The van der Waals surface area contributed by atoms with E-state index in [9.17, 15) is 5.11 Å². The van der Waals surface area contributed by atoms with E-state index >= 15 is 0 Å². The fraction of sp³-hybridized carbons (Fsp3) is 0.484. The molecule has 6 heterocycles. The first kappa shape index (κ1) is 22.9. The normalized spacial score (nSPS) is 29.3. The van der Waals surface area contributed by atoms with E-state index in [-0.39, 0.29) is 6.04 Å². The van der Waals surface area contributed by atoms with E-state index in [0.717, 1.165) is 25.3 Å². The molecule has 35 heavy (non-hydrogen) atoms. The highest BCUT2D eigenvalue weighted by molar-refractivity contribution is 5.62. The predicted octanol–water partition coefficient (Wildman–Crippen LogP) is 5.80. The first-order valence-electron chi connectivity index (χ1n) is 13.6. The lowest BCUT2D eigenvalue weighted by Gasteiger charge is -2.66. The summed E-state index contributed by atoms with van der Waals surface area (Å²) in [4.78, 5) is 8.00. The van der Waals surface area contributed by atoms with Crippen molar-refractivity contribution in [1.29, 1.82) is 0 Å². The topological polar surface area (TPSA) is 30.0 Å². The molecule has 6 aliphatic heterocycles. The number of fused-ring (bicyclic) bond motifs is 2. The number of rotatable bonds is 7. The number of likely N-dealkylation sites (tertiary alicyclic amines) is 1. The van der Waals surface area contributed by atoms with Crippen LogP contribution in [0.4, 0.5) is 0 Å². The molecule has 4 bridgehead atoms. The summed E-state index contributed by atoms with van der Waals surface area (Å²) < 4.78 is 0. The van der Waals surface area contributed by atoms with Gasteiger partial charge < -0.3 is 10.0 Å². The number of piperazine rings is 1. The van der Waals surface area contributed by atoms with Crippen LogP contribution in [0.25, 0.3) is 5.70 Å². The van der Waals surface area contributed by atoms with Gasteiger partial charge in [0, 0.05) is 49.5 Å². The first-order chi connectivity index (χ1) is 17.2. The molecule has 5 atom stereocenters. The maximum Gasteiger partial charge on any atom is 0.115 e. The van der Waals surface area contributed by atoms with E-state index in [0.29, 0.717) is 29.9 Å². The molecule has 0 saturated carbocycles. The molecule has 4 heteroatoms. The number of hydrogen-bond donors (Lipinski definition) is 1. The zero-order chi connectivity index (χ0) is 23.9. The van der Waals surface area contributed by atoms with Crippen LogP contribution in [0.3, 0.4) is 0 Å². The Hall–Kier alpha value is -2.56. The number of phenols is 1. The molecular formula is C31H39N3O. The summed E-state index contributed by atoms with van der Waals surface area (Å²) in [5, 5.41) is 10.4. The maximum atomic E-state index is 10.4. The van der Waals surface area contributed by atoms with Crippen molar-refractivity contribution in [3.8, 4) is 5.75 Å². The summed E-state index contributed by atoms with van der Waals surface area (Å²) in [6.45, 7) is 11.7. The fourth-order valence-corrected chi connectivity index (χ4v) is 7.65. The second-order valence-corrected chi connectivity index (χ2v) is 11.0. The Morgan fingerprint density at radius 1 is 0.886 bits per heavy atom. The van der Waals surface area contributed by atoms with E-state index < -0.39 is 0 Å². The zero-order valence-electron chi connectivity index (χ0n) is 20.9. The molecule has 0 radical (unpaired) electrons. The summed E-state index contributed by atoms with van der Waals surface area (Å²) in [5.41, 5.74) is 4.89. The van der Waals surface area contributed by atoms with Gasteiger partial charge in [-0.25, -0.2) is 0 Å². The van der Waals surface area contributed by atoms with Crippen LogP contribution in [0.15, 0.2) is 67.8 Å². The number of nitrogens with zero attached hydrogens (tertiary/aromatic N) is 3. The van der Waals surface area contributed by atoms with Gasteiger partial charge in [0.25, 0.3) is 0 Å². The molecule has 6 fully saturated rings. The number of piperidine rings is 5. The smallest absolute Gasteiger partial charge is 0.115 e. The van der Waals surface area contributed by atoms with Crippen LogP contribution in [0, 0.1) is 0 Å². The maximum absolute atomic E-state index is 10.4. The molecule has 8 rings (SSSR count). The van der Waals surface area contributed by atoms with Crippen molar-refractivity contribution in [1.82, 2.24) is 14.7 Å². The molecular weight excluding hydrogens is 430 g/mol. The van der Waals surface area contributed by atoms with Crippen LogP contribution < -0.4 is 0 Å². The Morgan fingerprint density at radius 2 is 1.54 bits per heavy atom. The third-order valence-electron chi connectivity index (χ3n) is 9.14. The van der Waals surface area contributed by atoms with Crippen LogP contribution >= 0.6 is 0 Å². The molecule has 2 aromatic rings. The summed E-state index contributed by atoms with van der Waals surface area (Å²) in [6.07, 6.45) is 11.0. The summed E-state index contributed by atoms with van der Waals surface area (Å²) >= 11 is 0. The Balaban J connectivity index is 1.34. The Kier molecular flexibility index (Phi) is 6.19. The molecule has 6 aliphatic rings. The van der Waals surface area contributed by atoms with Gasteiger partial charge in [0.15, 0.2) is 0 Å². The molecule has 0 aromatic heterocycles. The van der Waals surface area contributed by atoms with E-state index in [1.165, 1.54) is 61.6 Å². The molecule has 0 amide bonds. The second kappa shape index (κ2) is 9.48. The lowest BCUT2D eigenvalue weighted by molar-refractivity contribution is -0.151. The average molecular weight is 470 g/mol. The van der Waals surface area contributed by atoms with Gasteiger partial charge in [-0.3, -0.25) is 9.80 Å². The lowest BCUT2D eigenvalue weighted by atomic mass is 9.69. The predicted molar refractivity (Wildman–Crippen MR) is 143 cm³/mol. The van der Waals surface area contributed by atoms with Gasteiger partial charge in [0.05, 0.1) is 6.04 Å². The van der Waals surface area contributed by atoms with E-state index in [1.54, 1.807) is 6.07 Å². The third kappa shape index (κ3) is 4.01. The molecule has 184 valence electrons. The zero-order valence-corrected chi connectivity index (χ0v) is 20.9. The van der Waals surface area contributed by atoms with Crippen molar-refractivity contribution in [3.63, 3.8) is 0 Å². The summed E-state index contributed by atoms with van der Waals surface area (Å²) in [6, 6.07) is 19.6. The highest BCUT2D eigenvalue weighted by Crippen LogP contribution is 2.50. The lowest BCUT2D eigenvalue weighted by Crippen LogP contribution is -2.75. The van der Waals surface area contributed by atoms with Crippen molar-refractivity contribution >= 4 is 5.70 Å². The van der Waals surface area contributed by atoms with E-state index in [2.05, 4.69) is 64.3 Å². The summed E-state index contributed by atoms with van der Waals surface area (Å²) in [5.74, 6) is 0.350. The first-order valence-corrected chi connectivity index (χ1v) is 13.6. The molecule has 0 spiro atoms. The quantitative estimate of drug-likeness (QED) is 0.519.